The summed E-state index contributed by atoms with van der Waals surface area (Å²) in [7, 11) is 0. The standard InChI is InChI=1S/C17H20O2/c1-6-9-11-14(8-3)17-16(13(5)18)12(4)15(19-17)10-7-2/h6-11H,3H2,1-2,4-5H3/b9-6-,10-7-,14-11+. The van der Waals surface area contributed by atoms with Crippen LogP contribution in [0.2, 0.25) is 0 Å². The summed E-state index contributed by atoms with van der Waals surface area (Å²) in [5.74, 6) is 1.31. The summed E-state index contributed by atoms with van der Waals surface area (Å²) in [5.41, 5.74) is 2.31. The summed E-state index contributed by atoms with van der Waals surface area (Å²) in [6, 6.07) is 0. The average molecular weight is 256 g/mol. The lowest BCUT2D eigenvalue weighted by molar-refractivity contribution is 0.101. The Morgan fingerprint density at radius 1 is 1.26 bits per heavy atom. The van der Waals surface area contributed by atoms with Crippen molar-refractivity contribution in [3.05, 3.63) is 59.6 Å². The van der Waals surface area contributed by atoms with Crippen LogP contribution in [0, 0.1) is 6.92 Å². The Morgan fingerprint density at radius 3 is 2.42 bits per heavy atom. The van der Waals surface area contributed by atoms with E-state index in [4.69, 9.17) is 4.42 Å². The van der Waals surface area contributed by atoms with E-state index in [1.807, 2.05) is 51.2 Å². The second kappa shape index (κ2) is 6.74. The van der Waals surface area contributed by atoms with Crippen LogP contribution in [0.15, 0.2) is 41.4 Å². The third-order valence-corrected chi connectivity index (χ3v) is 2.80. The van der Waals surface area contributed by atoms with Gasteiger partial charge in [-0.15, -0.1) is 0 Å². The van der Waals surface area contributed by atoms with Crippen LogP contribution in [-0.2, 0) is 0 Å². The first-order valence-corrected chi connectivity index (χ1v) is 6.29. The molecule has 2 heteroatoms. The maximum atomic E-state index is 11.8. The Bertz CT molecular complexity index is 566. The predicted octanol–water partition coefficient (Wildman–Crippen LogP) is 4.97. The molecular weight excluding hydrogens is 236 g/mol. The van der Waals surface area contributed by atoms with E-state index in [0.29, 0.717) is 11.3 Å². The van der Waals surface area contributed by atoms with Crippen LogP contribution in [0.5, 0.6) is 0 Å². The second-order valence-electron chi connectivity index (χ2n) is 4.20. The van der Waals surface area contributed by atoms with Gasteiger partial charge in [0.2, 0.25) is 0 Å². The maximum Gasteiger partial charge on any atom is 0.163 e. The van der Waals surface area contributed by atoms with Crippen molar-refractivity contribution in [1.82, 2.24) is 0 Å². The third kappa shape index (κ3) is 3.22. The first kappa shape index (κ1) is 15.0. The van der Waals surface area contributed by atoms with Gasteiger partial charge in [-0.1, -0.05) is 37.0 Å². The molecule has 0 atom stereocenters. The molecule has 0 aliphatic rings. The molecule has 0 unspecified atom stereocenters. The van der Waals surface area contributed by atoms with Crippen molar-refractivity contribution in [2.45, 2.75) is 27.7 Å². The molecule has 19 heavy (non-hydrogen) atoms. The summed E-state index contributed by atoms with van der Waals surface area (Å²) in [5, 5.41) is 0. The molecule has 0 saturated carbocycles. The van der Waals surface area contributed by atoms with Crippen molar-refractivity contribution in [3.8, 4) is 0 Å². The number of Topliss-reactive ketones (excluding diaryl/α,β-unsaturated/α-hetero) is 1. The Labute approximate surface area is 114 Å². The van der Waals surface area contributed by atoms with E-state index in [2.05, 4.69) is 6.58 Å². The van der Waals surface area contributed by atoms with Gasteiger partial charge in [0.1, 0.15) is 11.5 Å². The number of allylic oxidation sites excluding steroid dienone is 6. The quantitative estimate of drug-likeness (QED) is 0.550. The number of carbonyl (C=O) groups is 1. The molecule has 2 nitrogen and oxygen atoms in total. The minimum atomic E-state index is 0.000214. The van der Waals surface area contributed by atoms with Gasteiger partial charge in [0, 0.05) is 11.1 Å². The Morgan fingerprint density at radius 2 is 1.95 bits per heavy atom. The van der Waals surface area contributed by atoms with E-state index < -0.39 is 0 Å². The molecule has 0 amide bonds. The first-order valence-electron chi connectivity index (χ1n) is 6.29. The zero-order chi connectivity index (χ0) is 14.4. The van der Waals surface area contributed by atoms with E-state index in [1.54, 1.807) is 13.0 Å². The summed E-state index contributed by atoms with van der Waals surface area (Å²) >= 11 is 0. The third-order valence-electron chi connectivity index (χ3n) is 2.80. The summed E-state index contributed by atoms with van der Waals surface area (Å²) in [6.45, 7) is 11.1. The van der Waals surface area contributed by atoms with Crippen molar-refractivity contribution in [2.24, 2.45) is 0 Å². The summed E-state index contributed by atoms with van der Waals surface area (Å²) < 4.78 is 5.82. The highest BCUT2D eigenvalue weighted by molar-refractivity contribution is 6.01. The fourth-order valence-electron chi connectivity index (χ4n) is 1.90. The fraction of sp³-hybridized carbons (Fsp3) is 0.235. The lowest BCUT2D eigenvalue weighted by Crippen LogP contribution is -1.97. The van der Waals surface area contributed by atoms with E-state index in [1.165, 1.54) is 0 Å². The van der Waals surface area contributed by atoms with Crippen molar-refractivity contribution in [1.29, 1.82) is 0 Å². The van der Waals surface area contributed by atoms with Gasteiger partial charge in [-0.05, 0) is 33.8 Å². The second-order valence-corrected chi connectivity index (χ2v) is 4.20. The average Bonchev–Trinajstić information content (AvgIpc) is 2.68. The molecule has 0 saturated heterocycles. The van der Waals surface area contributed by atoms with Crippen LogP contribution in [0.25, 0.3) is 11.6 Å². The highest BCUT2D eigenvalue weighted by atomic mass is 16.3. The lowest BCUT2D eigenvalue weighted by atomic mass is 10.0. The molecule has 0 N–H and O–H groups in total. The van der Waals surface area contributed by atoms with Crippen LogP contribution >= 0.6 is 0 Å². The fourth-order valence-corrected chi connectivity index (χ4v) is 1.90. The Kier molecular flexibility index (Phi) is 5.31. The number of ketones is 1. The smallest absolute Gasteiger partial charge is 0.163 e. The molecule has 1 rings (SSSR count). The summed E-state index contributed by atoms with van der Waals surface area (Å²) in [4.78, 5) is 11.8. The summed E-state index contributed by atoms with van der Waals surface area (Å²) in [6.07, 6.45) is 11.2. The molecule has 0 aliphatic carbocycles. The Hall–Kier alpha value is -2.09. The largest absolute Gasteiger partial charge is 0.456 e. The van der Waals surface area contributed by atoms with E-state index in [-0.39, 0.29) is 5.78 Å². The van der Waals surface area contributed by atoms with Gasteiger partial charge in [-0.2, -0.15) is 0 Å². The van der Waals surface area contributed by atoms with Crippen LogP contribution in [0.1, 0.15) is 48.2 Å². The number of hydrogen-bond donors (Lipinski definition) is 0. The molecule has 1 aromatic heterocycles. The van der Waals surface area contributed by atoms with Gasteiger partial charge in [0.05, 0.1) is 5.56 Å². The predicted molar refractivity (Wildman–Crippen MR) is 81.1 cm³/mol. The SMILES string of the molecule is C=C/C(=C\C=C/C)c1oc(/C=C\C)c(C)c1C(C)=O. The van der Waals surface area contributed by atoms with Crippen molar-refractivity contribution >= 4 is 17.4 Å². The van der Waals surface area contributed by atoms with Gasteiger partial charge >= 0.3 is 0 Å². The van der Waals surface area contributed by atoms with Crippen LogP contribution in [0.4, 0.5) is 0 Å². The van der Waals surface area contributed by atoms with Gasteiger partial charge in [0.25, 0.3) is 0 Å². The molecule has 1 heterocycles. The van der Waals surface area contributed by atoms with Gasteiger partial charge in [0.15, 0.2) is 5.78 Å². The minimum absolute atomic E-state index is 0.000214. The number of hydrogen-bond acceptors (Lipinski definition) is 2. The van der Waals surface area contributed by atoms with E-state index in [9.17, 15) is 4.79 Å². The normalized spacial score (nSPS) is 12.5. The number of furan rings is 1. The van der Waals surface area contributed by atoms with Crippen LogP contribution in [0.3, 0.4) is 0 Å². The van der Waals surface area contributed by atoms with Crippen LogP contribution in [-0.4, -0.2) is 5.78 Å². The van der Waals surface area contributed by atoms with Crippen molar-refractivity contribution in [2.75, 3.05) is 0 Å². The minimum Gasteiger partial charge on any atom is -0.456 e. The Balaban J connectivity index is 3.53. The molecule has 0 aliphatic heterocycles. The van der Waals surface area contributed by atoms with E-state index >= 15 is 0 Å². The molecule has 0 aromatic carbocycles. The zero-order valence-electron chi connectivity index (χ0n) is 12.0. The molecule has 1 aromatic rings. The van der Waals surface area contributed by atoms with Crippen molar-refractivity contribution in [3.63, 3.8) is 0 Å². The highest BCUT2D eigenvalue weighted by Crippen LogP contribution is 2.30. The molecule has 0 bridgehead atoms. The molecule has 0 radical (unpaired) electrons. The first-order chi connectivity index (χ1) is 9.06. The number of carbonyl (C=O) groups excluding carboxylic acids is 1. The molecule has 0 spiro atoms. The lowest BCUT2D eigenvalue weighted by Gasteiger charge is -2.00. The van der Waals surface area contributed by atoms with Gasteiger partial charge in [-0.25, -0.2) is 0 Å². The molecular formula is C17H20O2. The van der Waals surface area contributed by atoms with Gasteiger partial charge in [-0.3, -0.25) is 4.79 Å². The number of rotatable bonds is 5. The molecule has 100 valence electrons. The van der Waals surface area contributed by atoms with Gasteiger partial charge < -0.3 is 4.42 Å². The highest BCUT2D eigenvalue weighted by Gasteiger charge is 2.20. The topological polar surface area (TPSA) is 30.2 Å². The molecule has 0 fully saturated rings. The maximum absolute atomic E-state index is 11.8. The zero-order valence-corrected chi connectivity index (χ0v) is 12.0. The van der Waals surface area contributed by atoms with E-state index in [0.717, 1.165) is 16.9 Å². The monoisotopic (exact) mass is 256 g/mol. The van der Waals surface area contributed by atoms with Crippen molar-refractivity contribution < 1.29 is 9.21 Å². The van der Waals surface area contributed by atoms with Crippen LogP contribution < -0.4 is 0 Å².